The maximum absolute atomic E-state index is 13.3. The minimum absolute atomic E-state index is 0.0154. The molecule has 0 spiro atoms. The summed E-state index contributed by atoms with van der Waals surface area (Å²) < 4.78 is 58.3. The molecule has 176 valence electrons. The summed E-state index contributed by atoms with van der Waals surface area (Å²) in [5.74, 6) is 0.287. The van der Waals surface area contributed by atoms with Crippen molar-refractivity contribution in [3.8, 4) is 11.3 Å². The number of alkyl halides is 3. The molecule has 9 heteroatoms. The lowest BCUT2D eigenvalue weighted by atomic mass is 10.0. The van der Waals surface area contributed by atoms with Crippen LogP contribution >= 0.6 is 0 Å². The number of halogens is 4. The van der Waals surface area contributed by atoms with Crippen molar-refractivity contribution in [1.29, 1.82) is 0 Å². The molecule has 4 rings (SSSR count). The molecule has 0 bridgehead atoms. The molecule has 1 fully saturated rings. The van der Waals surface area contributed by atoms with E-state index in [2.05, 4.69) is 19.9 Å². The van der Waals surface area contributed by atoms with Crippen molar-refractivity contribution in [1.82, 2.24) is 15.0 Å². The third-order valence-electron chi connectivity index (χ3n) is 5.86. The second-order valence-corrected chi connectivity index (χ2v) is 8.26. The van der Waals surface area contributed by atoms with Crippen molar-refractivity contribution in [3.05, 3.63) is 71.7 Å². The molecule has 0 unspecified atom stereocenters. The third kappa shape index (κ3) is 5.91. The fourth-order valence-electron chi connectivity index (χ4n) is 4.01. The van der Waals surface area contributed by atoms with Crippen molar-refractivity contribution < 1.29 is 22.1 Å². The van der Waals surface area contributed by atoms with Crippen LogP contribution in [-0.2, 0) is 12.7 Å². The number of benzene rings is 2. The highest BCUT2D eigenvalue weighted by molar-refractivity contribution is 5.64. The van der Waals surface area contributed by atoms with E-state index in [0.717, 1.165) is 51.0 Å². The fraction of sp³-hybridized carbons (Fsp3) is 0.375. The average molecular weight is 462 g/mol. The Hall–Kier alpha value is -2.91. The van der Waals surface area contributed by atoms with Gasteiger partial charge < -0.3 is 9.42 Å². The lowest BCUT2D eigenvalue weighted by molar-refractivity contribution is -0.137. The van der Waals surface area contributed by atoms with Crippen molar-refractivity contribution in [2.75, 3.05) is 51.2 Å². The lowest BCUT2D eigenvalue weighted by Crippen LogP contribution is -2.48. The van der Waals surface area contributed by atoms with Gasteiger partial charge in [-0.1, -0.05) is 23.4 Å². The van der Waals surface area contributed by atoms with Crippen molar-refractivity contribution >= 4 is 5.69 Å². The summed E-state index contributed by atoms with van der Waals surface area (Å²) in [6.45, 7) is 5.67. The minimum atomic E-state index is -4.45. The summed E-state index contributed by atoms with van der Waals surface area (Å²) in [7, 11) is 1.95. The summed E-state index contributed by atoms with van der Waals surface area (Å²) in [5.41, 5.74) is 0.504. The highest BCUT2D eigenvalue weighted by atomic mass is 19.4. The van der Waals surface area contributed by atoms with Crippen LogP contribution in [0.1, 0.15) is 11.3 Å². The normalized spacial score (nSPS) is 15.4. The van der Waals surface area contributed by atoms with E-state index in [-0.39, 0.29) is 17.1 Å². The molecule has 0 amide bonds. The molecule has 2 aromatic carbocycles. The van der Waals surface area contributed by atoms with E-state index in [1.54, 1.807) is 24.3 Å². The van der Waals surface area contributed by atoms with E-state index < -0.39 is 11.7 Å². The summed E-state index contributed by atoms with van der Waals surface area (Å²) in [6, 6.07) is 13.5. The van der Waals surface area contributed by atoms with E-state index in [1.807, 2.05) is 7.05 Å². The molecule has 2 heterocycles. The van der Waals surface area contributed by atoms with Crippen molar-refractivity contribution in [2.24, 2.45) is 0 Å². The van der Waals surface area contributed by atoms with E-state index in [4.69, 9.17) is 4.52 Å². The summed E-state index contributed by atoms with van der Waals surface area (Å²) in [5, 5.41) is 3.87. The van der Waals surface area contributed by atoms with Gasteiger partial charge in [0, 0.05) is 56.6 Å². The van der Waals surface area contributed by atoms with Crippen LogP contribution in [0.25, 0.3) is 11.3 Å². The van der Waals surface area contributed by atoms with Gasteiger partial charge in [-0.05, 0) is 37.4 Å². The van der Waals surface area contributed by atoms with Crippen LogP contribution in [0.3, 0.4) is 0 Å². The first-order valence-corrected chi connectivity index (χ1v) is 10.8. The Morgan fingerprint density at radius 2 is 1.70 bits per heavy atom. The van der Waals surface area contributed by atoms with Crippen molar-refractivity contribution in [2.45, 2.75) is 12.7 Å². The molecule has 1 aliphatic rings. The molecule has 33 heavy (non-hydrogen) atoms. The molecule has 3 aromatic rings. The molecule has 0 atom stereocenters. The summed E-state index contributed by atoms with van der Waals surface area (Å²) >= 11 is 0. The Morgan fingerprint density at radius 1 is 1.00 bits per heavy atom. The second-order valence-electron chi connectivity index (χ2n) is 8.26. The zero-order chi connectivity index (χ0) is 23.4. The van der Waals surface area contributed by atoms with Crippen LogP contribution in [-0.4, -0.2) is 61.3 Å². The Labute approximate surface area is 190 Å². The van der Waals surface area contributed by atoms with Gasteiger partial charge in [-0.25, -0.2) is 4.39 Å². The SMILES string of the molecule is CN(CCN1CCN(c2ccc(F)cc2)CC1)Cc1cc(-c2ccccc2C(F)(F)F)no1. The predicted octanol–water partition coefficient (Wildman–Crippen LogP) is 4.75. The first-order valence-electron chi connectivity index (χ1n) is 10.8. The van der Waals surface area contributed by atoms with Gasteiger partial charge in [0.15, 0.2) is 5.76 Å². The predicted molar refractivity (Wildman–Crippen MR) is 118 cm³/mol. The van der Waals surface area contributed by atoms with Gasteiger partial charge in [0.1, 0.15) is 11.5 Å². The molecular formula is C24H26F4N4O. The van der Waals surface area contributed by atoms with E-state index in [9.17, 15) is 17.6 Å². The number of aromatic nitrogens is 1. The minimum Gasteiger partial charge on any atom is -0.369 e. The van der Waals surface area contributed by atoms with Crippen LogP contribution in [0.5, 0.6) is 0 Å². The maximum Gasteiger partial charge on any atom is 0.417 e. The largest absolute Gasteiger partial charge is 0.417 e. The van der Waals surface area contributed by atoms with Gasteiger partial charge in [-0.2, -0.15) is 13.2 Å². The van der Waals surface area contributed by atoms with Crippen molar-refractivity contribution in [3.63, 3.8) is 0 Å². The molecule has 0 saturated carbocycles. The number of likely N-dealkylation sites (N-methyl/N-ethyl adjacent to an activating group) is 1. The van der Waals surface area contributed by atoms with Gasteiger partial charge in [0.05, 0.1) is 12.1 Å². The van der Waals surface area contributed by atoms with Gasteiger partial charge in [-0.3, -0.25) is 9.80 Å². The first-order chi connectivity index (χ1) is 15.8. The summed E-state index contributed by atoms with van der Waals surface area (Å²) in [6.07, 6.45) is -4.45. The zero-order valence-electron chi connectivity index (χ0n) is 18.4. The number of anilines is 1. The zero-order valence-corrected chi connectivity index (χ0v) is 18.4. The molecular weight excluding hydrogens is 436 g/mol. The smallest absolute Gasteiger partial charge is 0.369 e. The average Bonchev–Trinajstić information content (AvgIpc) is 3.26. The maximum atomic E-state index is 13.3. The number of hydrogen-bond donors (Lipinski definition) is 0. The van der Waals surface area contributed by atoms with Crippen LogP contribution in [0, 0.1) is 5.82 Å². The molecule has 0 radical (unpaired) electrons. The first kappa shape index (κ1) is 23.3. The van der Waals surface area contributed by atoms with E-state index in [1.165, 1.54) is 24.3 Å². The monoisotopic (exact) mass is 462 g/mol. The third-order valence-corrected chi connectivity index (χ3v) is 5.86. The Morgan fingerprint density at radius 3 is 2.39 bits per heavy atom. The molecule has 1 aliphatic heterocycles. The lowest BCUT2D eigenvalue weighted by Gasteiger charge is -2.36. The Balaban J connectivity index is 1.26. The highest BCUT2D eigenvalue weighted by Crippen LogP contribution is 2.36. The standard InChI is InChI=1S/C24H26F4N4O/c1-30(10-11-31-12-14-32(15-13-31)19-8-6-18(25)7-9-19)17-20-16-23(29-33-20)21-4-2-3-5-22(21)24(26,27)28/h2-9,16H,10-15,17H2,1H3. The number of hydrogen-bond acceptors (Lipinski definition) is 5. The van der Waals surface area contributed by atoms with Gasteiger partial charge >= 0.3 is 6.18 Å². The fourth-order valence-corrected chi connectivity index (χ4v) is 4.01. The molecule has 1 aromatic heterocycles. The molecule has 0 N–H and O–H groups in total. The van der Waals surface area contributed by atoms with Crippen LogP contribution in [0.2, 0.25) is 0 Å². The van der Waals surface area contributed by atoms with Crippen LogP contribution < -0.4 is 4.90 Å². The number of piperazine rings is 1. The summed E-state index contributed by atoms with van der Waals surface area (Å²) in [4.78, 5) is 6.67. The number of rotatable bonds is 7. The Bertz CT molecular complexity index is 1040. The van der Waals surface area contributed by atoms with E-state index in [0.29, 0.717) is 12.3 Å². The van der Waals surface area contributed by atoms with Gasteiger partial charge in [-0.15, -0.1) is 0 Å². The molecule has 0 aliphatic carbocycles. The van der Waals surface area contributed by atoms with Gasteiger partial charge in [0.25, 0.3) is 0 Å². The Kier molecular flexibility index (Phi) is 6.99. The second kappa shape index (κ2) is 9.93. The highest BCUT2D eigenvalue weighted by Gasteiger charge is 2.34. The van der Waals surface area contributed by atoms with Crippen LogP contribution in [0.4, 0.5) is 23.2 Å². The molecule has 5 nitrogen and oxygen atoms in total. The van der Waals surface area contributed by atoms with E-state index >= 15 is 0 Å². The topological polar surface area (TPSA) is 35.8 Å². The number of nitrogens with zero attached hydrogens (tertiary/aromatic N) is 4. The van der Waals surface area contributed by atoms with Gasteiger partial charge in [0.2, 0.25) is 0 Å². The quantitative estimate of drug-likeness (QED) is 0.474. The molecule has 1 saturated heterocycles. The van der Waals surface area contributed by atoms with Crippen LogP contribution in [0.15, 0.2) is 59.1 Å².